The molecule has 0 radical (unpaired) electrons. The second-order valence-electron chi connectivity index (χ2n) is 6.06. The smallest absolute Gasteiger partial charge is 0.0389 e. The first-order valence-corrected chi connectivity index (χ1v) is 9.45. The van der Waals surface area contributed by atoms with Gasteiger partial charge in [-0.05, 0) is 44.0 Å². The summed E-state index contributed by atoms with van der Waals surface area (Å²) in [5.41, 5.74) is 2.68. The van der Waals surface area contributed by atoms with Crippen molar-refractivity contribution in [1.82, 2.24) is 4.90 Å². The quantitative estimate of drug-likeness (QED) is 0.677. The number of hydrogen-bond acceptors (Lipinski definition) is 2. The van der Waals surface area contributed by atoms with Gasteiger partial charge >= 0.3 is 0 Å². The summed E-state index contributed by atoms with van der Waals surface area (Å²) in [6.45, 7) is 6.05. The van der Waals surface area contributed by atoms with Gasteiger partial charge in [-0.1, -0.05) is 44.3 Å². The third-order valence-corrected chi connectivity index (χ3v) is 6.04. The van der Waals surface area contributed by atoms with Crippen LogP contribution in [-0.4, -0.2) is 36.6 Å². The summed E-state index contributed by atoms with van der Waals surface area (Å²) in [6.07, 6.45) is 4.15. The molecule has 0 bridgehead atoms. The summed E-state index contributed by atoms with van der Waals surface area (Å²) in [5, 5.41) is 0.903. The van der Waals surface area contributed by atoms with E-state index in [1.807, 2.05) is 0 Å². The first kappa shape index (κ1) is 14.9. The number of halogens is 2. The van der Waals surface area contributed by atoms with E-state index in [1.165, 1.54) is 54.6 Å². The molecule has 2 aliphatic rings. The van der Waals surface area contributed by atoms with E-state index in [2.05, 4.69) is 66.8 Å². The summed E-state index contributed by atoms with van der Waals surface area (Å²) in [4.78, 5) is 5.29. The van der Waals surface area contributed by atoms with Crippen LogP contribution in [0.4, 0.5) is 5.69 Å². The third kappa shape index (κ3) is 2.93. The number of anilines is 1. The van der Waals surface area contributed by atoms with Crippen LogP contribution in [0.15, 0.2) is 22.7 Å². The van der Waals surface area contributed by atoms with Crippen LogP contribution in [0.25, 0.3) is 0 Å². The van der Waals surface area contributed by atoms with Gasteiger partial charge in [0.1, 0.15) is 0 Å². The number of piperazine rings is 1. The fourth-order valence-electron chi connectivity index (χ4n) is 3.54. The van der Waals surface area contributed by atoms with Gasteiger partial charge in [0.15, 0.2) is 0 Å². The number of fused-ring (bicyclic) bond motifs is 1. The molecule has 4 heteroatoms. The first-order valence-electron chi connectivity index (χ1n) is 7.54. The van der Waals surface area contributed by atoms with Crippen molar-refractivity contribution in [2.45, 2.75) is 43.6 Å². The van der Waals surface area contributed by atoms with Crippen molar-refractivity contribution in [2.75, 3.05) is 24.5 Å². The number of nitrogens with zero attached hydrogens (tertiary/aromatic N) is 2. The highest BCUT2D eigenvalue weighted by Crippen LogP contribution is 2.31. The normalized spacial score (nSPS) is 27.4. The van der Waals surface area contributed by atoms with Gasteiger partial charge in [0.05, 0.1) is 0 Å². The predicted molar refractivity (Wildman–Crippen MR) is 92.8 cm³/mol. The number of benzene rings is 1. The summed E-state index contributed by atoms with van der Waals surface area (Å²) in [5.74, 6) is 0. The SMILES string of the molecule is CC1CN2CCCCC2CN1c1ccc(CBr)c(Br)c1. The highest BCUT2D eigenvalue weighted by Gasteiger charge is 2.33. The van der Waals surface area contributed by atoms with Crippen molar-refractivity contribution in [2.24, 2.45) is 0 Å². The lowest BCUT2D eigenvalue weighted by Gasteiger charge is -2.48. The van der Waals surface area contributed by atoms with E-state index in [-0.39, 0.29) is 0 Å². The monoisotopic (exact) mass is 400 g/mol. The maximum Gasteiger partial charge on any atom is 0.0389 e. The fraction of sp³-hybridized carbons (Fsp3) is 0.625. The molecule has 2 atom stereocenters. The molecule has 0 saturated carbocycles. The van der Waals surface area contributed by atoms with Crippen molar-refractivity contribution >= 4 is 37.5 Å². The van der Waals surface area contributed by atoms with E-state index in [0.29, 0.717) is 6.04 Å². The lowest BCUT2D eigenvalue weighted by Crippen LogP contribution is -2.58. The van der Waals surface area contributed by atoms with Crippen LogP contribution in [-0.2, 0) is 5.33 Å². The van der Waals surface area contributed by atoms with Crippen LogP contribution in [0.2, 0.25) is 0 Å². The largest absolute Gasteiger partial charge is 0.366 e. The average Bonchev–Trinajstić information content (AvgIpc) is 2.46. The summed E-state index contributed by atoms with van der Waals surface area (Å²) >= 11 is 7.23. The van der Waals surface area contributed by atoms with Gasteiger partial charge in [0.25, 0.3) is 0 Å². The zero-order valence-corrected chi connectivity index (χ0v) is 15.2. The van der Waals surface area contributed by atoms with Gasteiger partial charge in [-0.2, -0.15) is 0 Å². The molecule has 2 fully saturated rings. The van der Waals surface area contributed by atoms with E-state index >= 15 is 0 Å². The molecule has 1 aromatic rings. The Bertz CT molecular complexity index is 478. The van der Waals surface area contributed by atoms with Crippen molar-refractivity contribution in [3.8, 4) is 0 Å². The van der Waals surface area contributed by atoms with E-state index in [9.17, 15) is 0 Å². The van der Waals surface area contributed by atoms with Crippen molar-refractivity contribution in [3.05, 3.63) is 28.2 Å². The van der Waals surface area contributed by atoms with Crippen LogP contribution in [0.3, 0.4) is 0 Å². The molecule has 2 heterocycles. The Morgan fingerprint density at radius 2 is 2.10 bits per heavy atom. The van der Waals surface area contributed by atoms with E-state index in [1.54, 1.807) is 0 Å². The minimum Gasteiger partial charge on any atom is -0.366 e. The Morgan fingerprint density at radius 1 is 1.25 bits per heavy atom. The van der Waals surface area contributed by atoms with Gasteiger partial charge < -0.3 is 4.90 Å². The lowest BCUT2D eigenvalue weighted by atomic mass is 9.96. The fourth-order valence-corrected chi connectivity index (χ4v) is 4.91. The van der Waals surface area contributed by atoms with Crippen molar-refractivity contribution in [1.29, 1.82) is 0 Å². The van der Waals surface area contributed by atoms with Gasteiger partial charge in [0, 0.05) is 40.7 Å². The number of hydrogen-bond donors (Lipinski definition) is 0. The standard InChI is InChI=1S/C16H22Br2N2/c1-12-10-19-7-3-2-4-15(19)11-20(12)14-6-5-13(9-17)16(18)8-14/h5-6,8,12,15H,2-4,7,9-11H2,1H3. The summed E-state index contributed by atoms with van der Waals surface area (Å²) < 4.78 is 1.21. The highest BCUT2D eigenvalue weighted by atomic mass is 79.9. The van der Waals surface area contributed by atoms with E-state index in [0.717, 1.165) is 11.4 Å². The Labute approximate surface area is 138 Å². The topological polar surface area (TPSA) is 6.48 Å². The molecule has 2 saturated heterocycles. The van der Waals surface area contributed by atoms with Crippen LogP contribution >= 0.6 is 31.9 Å². The molecule has 0 N–H and O–H groups in total. The van der Waals surface area contributed by atoms with Crippen molar-refractivity contribution < 1.29 is 0 Å². The first-order chi connectivity index (χ1) is 9.69. The summed E-state index contributed by atoms with van der Waals surface area (Å²) in [6, 6.07) is 8.15. The summed E-state index contributed by atoms with van der Waals surface area (Å²) in [7, 11) is 0. The molecule has 20 heavy (non-hydrogen) atoms. The molecule has 2 unspecified atom stereocenters. The Morgan fingerprint density at radius 3 is 2.85 bits per heavy atom. The molecule has 1 aromatic carbocycles. The molecule has 2 aliphatic heterocycles. The zero-order chi connectivity index (χ0) is 14.1. The Balaban J connectivity index is 1.80. The van der Waals surface area contributed by atoms with E-state index in [4.69, 9.17) is 0 Å². The van der Waals surface area contributed by atoms with Gasteiger partial charge in [-0.15, -0.1) is 0 Å². The molecular formula is C16H22Br2N2. The number of rotatable bonds is 2. The van der Waals surface area contributed by atoms with Crippen LogP contribution in [0, 0.1) is 0 Å². The van der Waals surface area contributed by atoms with Crippen LogP contribution < -0.4 is 4.90 Å². The highest BCUT2D eigenvalue weighted by molar-refractivity contribution is 9.10. The second-order valence-corrected chi connectivity index (χ2v) is 7.47. The van der Waals surface area contributed by atoms with Crippen LogP contribution in [0.1, 0.15) is 31.7 Å². The molecule has 2 nitrogen and oxygen atoms in total. The second kappa shape index (κ2) is 6.37. The van der Waals surface area contributed by atoms with E-state index < -0.39 is 0 Å². The Kier molecular flexibility index (Phi) is 4.73. The van der Waals surface area contributed by atoms with Gasteiger partial charge in [-0.25, -0.2) is 0 Å². The maximum atomic E-state index is 3.70. The van der Waals surface area contributed by atoms with Gasteiger partial charge in [-0.3, -0.25) is 4.90 Å². The molecule has 0 aliphatic carbocycles. The molecule has 110 valence electrons. The third-order valence-electron chi connectivity index (χ3n) is 4.70. The minimum absolute atomic E-state index is 0.603. The molecule has 0 aromatic heterocycles. The lowest BCUT2D eigenvalue weighted by molar-refractivity contribution is 0.115. The number of piperidine rings is 1. The average molecular weight is 402 g/mol. The van der Waals surface area contributed by atoms with Gasteiger partial charge in [0.2, 0.25) is 0 Å². The van der Waals surface area contributed by atoms with Crippen molar-refractivity contribution in [3.63, 3.8) is 0 Å². The minimum atomic E-state index is 0.603. The predicted octanol–water partition coefficient (Wildman–Crippen LogP) is 4.41. The molecule has 0 amide bonds. The van der Waals surface area contributed by atoms with Crippen LogP contribution in [0.5, 0.6) is 0 Å². The Hall–Kier alpha value is -0.0600. The molecule has 0 spiro atoms. The molecular weight excluding hydrogens is 380 g/mol. The zero-order valence-electron chi connectivity index (χ0n) is 12.0. The number of alkyl halides is 1. The maximum absolute atomic E-state index is 3.70. The molecule has 3 rings (SSSR count).